The summed E-state index contributed by atoms with van der Waals surface area (Å²) in [6.07, 6.45) is 10.0. The molecule has 2 rings (SSSR count). The highest BCUT2D eigenvalue weighted by Gasteiger charge is 2.25. The standard InChI is InChI=1S/C13H25NO/c1-2-14-12-7-8-13(9-12)15-10-11-5-3-4-6-11/h11-14H,2-10H2,1H3. The fourth-order valence-corrected chi connectivity index (χ4v) is 3.01. The molecule has 0 amide bonds. The van der Waals surface area contributed by atoms with Gasteiger partial charge in [0.2, 0.25) is 0 Å². The van der Waals surface area contributed by atoms with E-state index in [1.807, 2.05) is 0 Å². The van der Waals surface area contributed by atoms with Crippen LogP contribution < -0.4 is 5.32 Å². The zero-order valence-electron chi connectivity index (χ0n) is 10.0. The highest BCUT2D eigenvalue weighted by atomic mass is 16.5. The van der Waals surface area contributed by atoms with Gasteiger partial charge in [-0.1, -0.05) is 19.8 Å². The molecule has 15 heavy (non-hydrogen) atoms. The van der Waals surface area contributed by atoms with Crippen LogP contribution in [-0.2, 0) is 4.74 Å². The first-order chi connectivity index (χ1) is 7.38. The Morgan fingerprint density at radius 3 is 2.67 bits per heavy atom. The molecule has 2 fully saturated rings. The average Bonchev–Trinajstić information content (AvgIpc) is 2.85. The minimum atomic E-state index is 0.551. The molecule has 2 atom stereocenters. The minimum absolute atomic E-state index is 0.551. The molecule has 2 unspecified atom stereocenters. The van der Waals surface area contributed by atoms with Crippen LogP contribution in [-0.4, -0.2) is 25.3 Å². The Morgan fingerprint density at radius 2 is 1.93 bits per heavy atom. The molecule has 0 bridgehead atoms. The van der Waals surface area contributed by atoms with Crippen molar-refractivity contribution in [1.82, 2.24) is 5.32 Å². The fourth-order valence-electron chi connectivity index (χ4n) is 3.01. The van der Waals surface area contributed by atoms with Gasteiger partial charge in [0.15, 0.2) is 0 Å². The second kappa shape index (κ2) is 5.86. The van der Waals surface area contributed by atoms with E-state index >= 15 is 0 Å². The monoisotopic (exact) mass is 211 g/mol. The van der Waals surface area contributed by atoms with E-state index in [1.54, 1.807) is 0 Å². The normalized spacial score (nSPS) is 32.6. The van der Waals surface area contributed by atoms with Crippen molar-refractivity contribution in [2.75, 3.05) is 13.2 Å². The van der Waals surface area contributed by atoms with Crippen molar-refractivity contribution in [3.63, 3.8) is 0 Å². The summed E-state index contributed by atoms with van der Waals surface area (Å²) in [6.45, 7) is 4.32. The lowest BCUT2D eigenvalue weighted by Crippen LogP contribution is -2.27. The molecule has 0 radical (unpaired) electrons. The third kappa shape index (κ3) is 3.46. The topological polar surface area (TPSA) is 21.3 Å². The highest BCUT2D eigenvalue weighted by molar-refractivity contribution is 4.81. The van der Waals surface area contributed by atoms with E-state index < -0.39 is 0 Å². The van der Waals surface area contributed by atoms with Gasteiger partial charge in [-0.05, 0) is 44.6 Å². The van der Waals surface area contributed by atoms with Gasteiger partial charge in [0.1, 0.15) is 0 Å². The molecule has 0 heterocycles. The Bertz CT molecular complexity index is 177. The molecular weight excluding hydrogens is 186 g/mol. The summed E-state index contributed by atoms with van der Waals surface area (Å²) in [7, 11) is 0. The van der Waals surface area contributed by atoms with Crippen molar-refractivity contribution < 1.29 is 4.74 Å². The van der Waals surface area contributed by atoms with Crippen LogP contribution in [0.1, 0.15) is 51.9 Å². The zero-order chi connectivity index (χ0) is 10.5. The van der Waals surface area contributed by atoms with E-state index in [0.29, 0.717) is 6.10 Å². The number of rotatable bonds is 5. The summed E-state index contributed by atoms with van der Waals surface area (Å²) >= 11 is 0. The van der Waals surface area contributed by atoms with Gasteiger partial charge in [0.05, 0.1) is 6.10 Å². The maximum Gasteiger partial charge on any atom is 0.0590 e. The SMILES string of the molecule is CCNC1CCC(OCC2CCCC2)C1. The van der Waals surface area contributed by atoms with Crippen molar-refractivity contribution in [2.24, 2.45) is 5.92 Å². The summed E-state index contributed by atoms with van der Waals surface area (Å²) in [6, 6.07) is 0.726. The Balaban J connectivity index is 1.59. The molecule has 0 aromatic rings. The Labute approximate surface area is 93.8 Å². The molecule has 2 nitrogen and oxygen atoms in total. The minimum Gasteiger partial charge on any atom is -0.378 e. The first-order valence-corrected chi connectivity index (χ1v) is 6.73. The number of nitrogens with one attached hydrogen (secondary N) is 1. The van der Waals surface area contributed by atoms with Crippen molar-refractivity contribution in [3.8, 4) is 0 Å². The smallest absolute Gasteiger partial charge is 0.0590 e. The van der Waals surface area contributed by atoms with Gasteiger partial charge in [-0.3, -0.25) is 0 Å². The van der Waals surface area contributed by atoms with E-state index in [0.717, 1.165) is 25.1 Å². The lowest BCUT2D eigenvalue weighted by Gasteiger charge is -2.16. The summed E-state index contributed by atoms with van der Waals surface area (Å²) in [5.41, 5.74) is 0. The predicted molar refractivity (Wildman–Crippen MR) is 63.0 cm³/mol. The second-order valence-electron chi connectivity index (χ2n) is 5.17. The van der Waals surface area contributed by atoms with Gasteiger partial charge in [0.25, 0.3) is 0 Å². The van der Waals surface area contributed by atoms with Gasteiger partial charge in [-0.15, -0.1) is 0 Å². The Morgan fingerprint density at radius 1 is 1.13 bits per heavy atom. The van der Waals surface area contributed by atoms with Gasteiger partial charge >= 0.3 is 0 Å². The van der Waals surface area contributed by atoms with Gasteiger partial charge in [-0.25, -0.2) is 0 Å². The van der Waals surface area contributed by atoms with Crippen LogP contribution in [0.3, 0.4) is 0 Å². The van der Waals surface area contributed by atoms with Crippen LogP contribution in [0.4, 0.5) is 0 Å². The van der Waals surface area contributed by atoms with Crippen LogP contribution in [0.25, 0.3) is 0 Å². The second-order valence-corrected chi connectivity index (χ2v) is 5.17. The third-order valence-corrected chi connectivity index (χ3v) is 3.92. The summed E-state index contributed by atoms with van der Waals surface area (Å²) < 4.78 is 6.02. The quantitative estimate of drug-likeness (QED) is 0.755. The van der Waals surface area contributed by atoms with Gasteiger partial charge < -0.3 is 10.1 Å². The summed E-state index contributed by atoms with van der Waals surface area (Å²) in [5.74, 6) is 0.878. The van der Waals surface area contributed by atoms with E-state index in [1.165, 1.54) is 44.9 Å². The number of ether oxygens (including phenoxy) is 1. The van der Waals surface area contributed by atoms with Crippen molar-refractivity contribution >= 4 is 0 Å². The lowest BCUT2D eigenvalue weighted by atomic mass is 10.1. The van der Waals surface area contributed by atoms with Crippen LogP contribution in [0.15, 0.2) is 0 Å². The maximum atomic E-state index is 6.02. The average molecular weight is 211 g/mol. The largest absolute Gasteiger partial charge is 0.378 e. The Kier molecular flexibility index (Phi) is 4.45. The molecule has 2 aliphatic rings. The van der Waals surface area contributed by atoms with Crippen LogP contribution >= 0.6 is 0 Å². The van der Waals surface area contributed by atoms with E-state index in [4.69, 9.17) is 4.74 Å². The highest BCUT2D eigenvalue weighted by Crippen LogP contribution is 2.27. The van der Waals surface area contributed by atoms with Crippen LogP contribution in [0.2, 0.25) is 0 Å². The first-order valence-electron chi connectivity index (χ1n) is 6.73. The molecule has 0 aliphatic heterocycles. The summed E-state index contributed by atoms with van der Waals surface area (Å²) in [4.78, 5) is 0. The van der Waals surface area contributed by atoms with Gasteiger partial charge in [0, 0.05) is 12.6 Å². The Hall–Kier alpha value is -0.0800. The molecule has 0 aromatic heterocycles. The maximum absolute atomic E-state index is 6.02. The van der Waals surface area contributed by atoms with E-state index in [-0.39, 0.29) is 0 Å². The third-order valence-electron chi connectivity index (χ3n) is 3.92. The molecule has 2 saturated carbocycles. The molecule has 0 saturated heterocycles. The molecule has 2 aliphatic carbocycles. The first kappa shape index (κ1) is 11.4. The van der Waals surface area contributed by atoms with Gasteiger partial charge in [-0.2, -0.15) is 0 Å². The van der Waals surface area contributed by atoms with Crippen molar-refractivity contribution in [3.05, 3.63) is 0 Å². The molecule has 1 N–H and O–H groups in total. The summed E-state index contributed by atoms with van der Waals surface area (Å²) in [5, 5.41) is 3.52. The molecule has 0 aromatic carbocycles. The fraction of sp³-hybridized carbons (Fsp3) is 1.00. The molecule has 88 valence electrons. The van der Waals surface area contributed by atoms with Crippen molar-refractivity contribution in [1.29, 1.82) is 0 Å². The zero-order valence-corrected chi connectivity index (χ0v) is 10.0. The molecule has 2 heteroatoms. The van der Waals surface area contributed by atoms with Crippen LogP contribution in [0.5, 0.6) is 0 Å². The predicted octanol–water partition coefficient (Wildman–Crippen LogP) is 2.72. The van der Waals surface area contributed by atoms with E-state index in [2.05, 4.69) is 12.2 Å². The number of hydrogen-bond acceptors (Lipinski definition) is 2. The number of hydrogen-bond donors (Lipinski definition) is 1. The lowest BCUT2D eigenvalue weighted by molar-refractivity contribution is 0.0335. The molecular formula is C13H25NO. The van der Waals surface area contributed by atoms with Crippen LogP contribution in [0, 0.1) is 5.92 Å². The molecule has 0 spiro atoms. The van der Waals surface area contributed by atoms with E-state index in [9.17, 15) is 0 Å². The van der Waals surface area contributed by atoms with Crippen molar-refractivity contribution in [2.45, 2.75) is 64.0 Å².